The molecule has 1 aromatic heterocycles. The summed E-state index contributed by atoms with van der Waals surface area (Å²) in [5.41, 5.74) is 1.28. The van der Waals surface area contributed by atoms with Crippen molar-refractivity contribution < 1.29 is 9.47 Å². The molecule has 1 N–H and O–H groups in total. The Balaban J connectivity index is 1.79. The van der Waals surface area contributed by atoms with Crippen molar-refractivity contribution in [2.24, 2.45) is 0 Å². The lowest BCUT2D eigenvalue weighted by molar-refractivity contribution is 0.0661. The number of piperidine rings is 1. The molecule has 1 fully saturated rings. The second-order valence-corrected chi connectivity index (χ2v) is 4.62. The van der Waals surface area contributed by atoms with Gasteiger partial charge in [0.15, 0.2) is 0 Å². The molecule has 2 heterocycles. The van der Waals surface area contributed by atoms with Crippen molar-refractivity contribution in [3.8, 4) is 0 Å². The number of hydrogen-bond donors (Lipinski definition) is 1. The van der Waals surface area contributed by atoms with E-state index in [-0.39, 0.29) is 0 Å². The molecule has 0 amide bonds. The van der Waals surface area contributed by atoms with Crippen molar-refractivity contribution in [2.75, 3.05) is 33.5 Å². The molecule has 0 aromatic carbocycles. The van der Waals surface area contributed by atoms with Crippen LogP contribution < -0.4 is 5.32 Å². The fourth-order valence-corrected chi connectivity index (χ4v) is 2.32. The predicted molar refractivity (Wildman–Crippen MR) is 69.5 cm³/mol. The maximum absolute atomic E-state index is 5.50. The van der Waals surface area contributed by atoms with E-state index in [1.165, 1.54) is 25.0 Å². The molecule has 1 saturated heterocycles. The summed E-state index contributed by atoms with van der Waals surface area (Å²) >= 11 is 0. The highest BCUT2D eigenvalue weighted by atomic mass is 16.5. The van der Waals surface area contributed by atoms with Gasteiger partial charge in [0.25, 0.3) is 0 Å². The van der Waals surface area contributed by atoms with Crippen LogP contribution in [0.2, 0.25) is 0 Å². The number of imidazole rings is 1. The maximum Gasteiger partial charge on any atom is 0.0949 e. The summed E-state index contributed by atoms with van der Waals surface area (Å²) in [5, 5.41) is 3.55. The fraction of sp³-hybridized carbons (Fsp3) is 0.769. The largest absolute Gasteiger partial charge is 0.382 e. The zero-order valence-corrected chi connectivity index (χ0v) is 11.1. The quantitative estimate of drug-likeness (QED) is 0.745. The normalized spacial score (nSPS) is 20.2. The van der Waals surface area contributed by atoms with Gasteiger partial charge in [-0.1, -0.05) is 6.42 Å². The average Bonchev–Trinajstić information content (AvgIpc) is 2.88. The van der Waals surface area contributed by atoms with E-state index in [0.29, 0.717) is 25.9 Å². The Morgan fingerprint density at radius 1 is 1.39 bits per heavy atom. The third-order valence-corrected chi connectivity index (χ3v) is 3.32. The van der Waals surface area contributed by atoms with Gasteiger partial charge in [-0.3, -0.25) is 0 Å². The SMILES string of the molecule is COCCOCCn1cncc1C1CCCCN1. The van der Waals surface area contributed by atoms with Crippen LogP contribution in [0.3, 0.4) is 0 Å². The minimum absolute atomic E-state index is 0.459. The Kier molecular flexibility index (Phi) is 5.64. The fourth-order valence-electron chi connectivity index (χ4n) is 2.32. The molecule has 1 unspecified atom stereocenters. The zero-order valence-electron chi connectivity index (χ0n) is 11.1. The summed E-state index contributed by atoms with van der Waals surface area (Å²) in [6.07, 6.45) is 7.65. The van der Waals surface area contributed by atoms with Gasteiger partial charge in [0, 0.05) is 25.9 Å². The zero-order chi connectivity index (χ0) is 12.6. The van der Waals surface area contributed by atoms with Crippen LogP contribution >= 0.6 is 0 Å². The van der Waals surface area contributed by atoms with Crippen LogP contribution in [0.4, 0.5) is 0 Å². The molecule has 0 spiro atoms. The van der Waals surface area contributed by atoms with E-state index in [1.807, 2.05) is 12.5 Å². The highest BCUT2D eigenvalue weighted by molar-refractivity contribution is 5.06. The Morgan fingerprint density at radius 2 is 2.33 bits per heavy atom. The van der Waals surface area contributed by atoms with Gasteiger partial charge in [-0.05, 0) is 19.4 Å². The third-order valence-electron chi connectivity index (χ3n) is 3.32. The van der Waals surface area contributed by atoms with E-state index in [4.69, 9.17) is 9.47 Å². The smallest absolute Gasteiger partial charge is 0.0949 e. The summed E-state index contributed by atoms with van der Waals surface area (Å²) in [4.78, 5) is 4.26. The van der Waals surface area contributed by atoms with Crippen molar-refractivity contribution in [3.05, 3.63) is 18.2 Å². The molecule has 0 bridgehead atoms. The molecule has 1 aliphatic rings. The highest BCUT2D eigenvalue weighted by Gasteiger charge is 2.17. The monoisotopic (exact) mass is 253 g/mol. The number of nitrogens with one attached hydrogen (secondary N) is 1. The van der Waals surface area contributed by atoms with Crippen molar-refractivity contribution in [1.29, 1.82) is 0 Å². The number of methoxy groups -OCH3 is 1. The van der Waals surface area contributed by atoms with Crippen LogP contribution in [0.25, 0.3) is 0 Å². The molecular weight excluding hydrogens is 230 g/mol. The van der Waals surface area contributed by atoms with Gasteiger partial charge in [-0.25, -0.2) is 4.98 Å². The molecule has 0 radical (unpaired) electrons. The molecule has 0 saturated carbocycles. The van der Waals surface area contributed by atoms with Gasteiger partial charge in [-0.15, -0.1) is 0 Å². The van der Waals surface area contributed by atoms with E-state index in [9.17, 15) is 0 Å². The third kappa shape index (κ3) is 3.80. The van der Waals surface area contributed by atoms with Crippen LogP contribution in [0.15, 0.2) is 12.5 Å². The molecule has 102 valence electrons. The molecule has 5 nitrogen and oxygen atoms in total. The van der Waals surface area contributed by atoms with Crippen LogP contribution in [-0.2, 0) is 16.0 Å². The predicted octanol–water partition coefficient (Wildman–Crippen LogP) is 1.36. The molecule has 1 aromatic rings. The Labute approximate surface area is 108 Å². The molecular formula is C13H23N3O2. The molecule has 2 rings (SSSR count). The Bertz CT molecular complexity index is 335. The maximum atomic E-state index is 5.50. The lowest BCUT2D eigenvalue weighted by atomic mass is 10.0. The van der Waals surface area contributed by atoms with Crippen LogP contribution in [0.1, 0.15) is 31.0 Å². The van der Waals surface area contributed by atoms with Crippen molar-refractivity contribution in [3.63, 3.8) is 0 Å². The summed E-state index contributed by atoms with van der Waals surface area (Å²) in [5.74, 6) is 0. The molecule has 1 aliphatic heterocycles. The van der Waals surface area contributed by atoms with Gasteiger partial charge >= 0.3 is 0 Å². The summed E-state index contributed by atoms with van der Waals surface area (Å²) < 4.78 is 12.6. The number of nitrogens with zero attached hydrogens (tertiary/aromatic N) is 2. The number of hydrogen-bond acceptors (Lipinski definition) is 4. The van der Waals surface area contributed by atoms with Gasteiger partial charge in [-0.2, -0.15) is 0 Å². The van der Waals surface area contributed by atoms with E-state index < -0.39 is 0 Å². The first-order chi connectivity index (χ1) is 8.92. The molecule has 5 heteroatoms. The molecule has 18 heavy (non-hydrogen) atoms. The first-order valence-electron chi connectivity index (χ1n) is 6.72. The Hall–Kier alpha value is -0.910. The van der Waals surface area contributed by atoms with Crippen LogP contribution in [0.5, 0.6) is 0 Å². The highest BCUT2D eigenvalue weighted by Crippen LogP contribution is 2.22. The number of rotatable bonds is 7. The lowest BCUT2D eigenvalue weighted by Crippen LogP contribution is -2.28. The summed E-state index contributed by atoms with van der Waals surface area (Å²) in [7, 11) is 1.69. The van der Waals surface area contributed by atoms with E-state index in [0.717, 1.165) is 13.1 Å². The molecule has 1 atom stereocenters. The first kappa shape index (κ1) is 13.5. The van der Waals surface area contributed by atoms with Crippen LogP contribution in [-0.4, -0.2) is 43.0 Å². The first-order valence-corrected chi connectivity index (χ1v) is 6.72. The van der Waals surface area contributed by atoms with E-state index in [2.05, 4.69) is 14.9 Å². The van der Waals surface area contributed by atoms with E-state index >= 15 is 0 Å². The minimum atomic E-state index is 0.459. The Morgan fingerprint density at radius 3 is 3.11 bits per heavy atom. The van der Waals surface area contributed by atoms with E-state index in [1.54, 1.807) is 7.11 Å². The van der Waals surface area contributed by atoms with Crippen molar-refractivity contribution in [2.45, 2.75) is 31.8 Å². The summed E-state index contributed by atoms with van der Waals surface area (Å²) in [6, 6.07) is 0.459. The van der Waals surface area contributed by atoms with Gasteiger partial charge in [0.05, 0.1) is 31.8 Å². The van der Waals surface area contributed by atoms with Crippen molar-refractivity contribution in [1.82, 2.24) is 14.9 Å². The second kappa shape index (κ2) is 7.51. The van der Waals surface area contributed by atoms with Crippen molar-refractivity contribution >= 4 is 0 Å². The van der Waals surface area contributed by atoms with Gasteiger partial charge < -0.3 is 19.4 Å². The van der Waals surface area contributed by atoms with Crippen LogP contribution in [0, 0.1) is 0 Å². The minimum Gasteiger partial charge on any atom is -0.382 e. The lowest BCUT2D eigenvalue weighted by Gasteiger charge is -2.24. The number of aromatic nitrogens is 2. The van der Waals surface area contributed by atoms with Gasteiger partial charge in [0.2, 0.25) is 0 Å². The standard InChI is InChI=1S/C13H23N3O2/c1-17-8-9-18-7-6-16-11-14-10-13(16)12-4-2-3-5-15-12/h10-12,15H,2-9H2,1H3. The topological polar surface area (TPSA) is 48.3 Å². The number of ether oxygens (including phenoxy) is 2. The molecule has 0 aliphatic carbocycles. The second-order valence-electron chi connectivity index (χ2n) is 4.62. The van der Waals surface area contributed by atoms with Gasteiger partial charge in [0.1, 0.15) is 0 Å². The summed E-state index contributed by atoms with van der Waals surface area (Å²) in [6.45, 7) is 3.99. The average molecular weight is 253 g/mol.